The third kappa shape index (κ3) is 2.08. The molecule has 1 heterocycles. The van der Waals surface area contributed by atoms with E-state index in [1.807, 2.05) is 0 Å². The number of hydrogen-bond donors (Lipinski definition) is 0. The van der Waals surface area contributed by atoms with Gasteiger partial charge in [-0.25, -0.2) is 0 Å². The summed E-state index contributed by atoms with van der Waals surface area (Å²) in [5.74, 6) is 0. The highest BCUT2D eigenvalue weighted by atomic mass is 19.4. The number of hydrogen-bond acceptors (Lipinski definition) is 2. The molecule has 3 nitrogen and oxygen atoms in total. The van der Waals surface area contributed by atoms with Crippen LogP contribution in [0.1, 0.15) is 19.3 Å². The molecule has 1 aliphatic carbocycles. The Kier molecular flexibility index (Phi) is 2.36. The van der Waals surface area contributed by atoms with Gasteiger partial charge in [-0.05, 0) is 25.3 Å². The summed E-state index contributed by atoms with van der Waals surface area (Å²) < 4.78 is 37.5. The monoisotopic (exact) mass is 220 g/mol. The van der Waals surface area contributed by atoms with Crippen molar-refractivity contribution < 1.29 is 18.0 Å². The Morgan fingerprint density at radius 3 is 2.60 bits per heavy atom. The zero-order valence-electron chi connectivity index (χ0n) is 8.00. The summed E-state index contributed by atoms with van der Waals surface area (Å²) in [6.07, 6.45) is -0.585. The molecule has 0 bridgehead atoms. The van der Waals surface area contributed by atoms with Crippen LogP contribution in [0.4, 0.5) is 13.2 Å². The largest absolute Gasteiger partial charge is 0.397 e. The first-order valence-electron chi connectivity index (χ1n) is 4.73. The number of alkyl halides is 3. The van der Waals surface area contributed by atoms with Crippen LogP contribution in [0.3, 0.4) is 0 Å². The van der Waals surface area contributed by atoms with Crippen LogP contribution in [0.2, 0.25) is 0 Å². The molecule has 0 N–H and O–H groups in total. The first kappa shape index (κ1) is 10.3. The summed E-state index contributed by atoms with van der Waals surface area (Å²) in [6, 6.07) is 1.65. The lowest BCUT2D eigenvalue weighted by Gasteiger charge is -2.18. The zero-order valence-corrected chi connectivity index (χ0v) is 8.00. The van der Waals surface area contributed by atoms with Gasteiger partial charge in [0.15, 0.2) is 0 Å². The summed E-state index contributed by atoms with van der Waals surface area (Å²) in [7, 11) is 0. The highest BCUT2D eigenvalue weighted by molar-refractivity contribution is 4.98. The van der Waals surface area contributed by atoms with Crippen LogP contribution in [0.15, 0.2) is 18.5 Å². The molecule has 1 aliphatic rings. The zero-order chi connectivity index (χ0) is 10.9. The van der Waals surface area contributed by atoms with E-state index in [0.29, 0.717) is 0 Å². The van der Waals surface area contributed by atoms with Crippen molar-refractivity contribution in [2.45, 2.75) is 25.4 Å². The Morgan fingerprint density at radius 1 is 1.40 bits per heavy atom. The fourth-order valence-electron chi connectivity index (χ4n) is 1.49. The summed E-state index contributed by atoms with van der Waals surface area (Å²) in [4.78, 5) is 6.20. The lowest BCUT2D eigenvalue weighted by atomic mass is 10.0. The van der Waals surface area contributed by atoms with Gasteiger partial charge in [-0.1, -0.05) is 0 Å². The summed E-state index contributed by atoms with van der Waals surface area (Å²) >= 11 is 0. The van der Waals surface area contributed by atoms with E-state index in [2.05, 4.69) is 5.10 Å². The minimum Gasteiger partial charge on any atom is -0.397 e. The lowest BCUT2D eigenvalue weighted by molar-refractivity contribution is -0.192. The Bertz CT molecular complexity index is 317. The van der Waals surface area contributed by atoms with E-state index < -0.39 is 11.6 Å². The maximum absolute atomic E-state index is 12.5. The second kappa shape index (κ2) is 3.43. The lowest BCUT2D eigenvalue weighted by Crippen LogP contribution is -2.28. The van der Waals surface area contributed by atoms with Gasteiger partial charge in [-0.2, -0.15) is 13.2 Å². The molecular formula is C9H11F3N2O. The average Bonchev–Trinajstić information content (AvgIpc) is 2.75. The first-order chi connectivity index (χ1) is 7.04. The van der Waals surface area contributed by atoms with Gasteiger partial charge in [0.05, 0.1) is 17.8 Å². The molecule has 1 aromatic heterocycles. The van der Waals surface area contributed by atoms with Gasteiger partial charge in [0.25, 0.3) is 0 Å². The van der Waals surface area contributed by atoms with Crippen LogP contribution >= 0.6 is 0 Å². The molecule has 0 amide bonds. The molecule has 0 unspecified atom stereocenters. The SMILES string of the molecule is FC(F)(F)C1(CCOn2cccn2)CC1. The van der Waals surface area contributed by atoms with Crippen LogP contribution < -0.4 is 4.84 Å². The normalized spacial score (nSPS) is 18.9. The summed E-state index contributed by atoms with van der Waals surface area (Å²) in [6.45, 7) is 0.0428. The van der Waals surface area contributed by atoms with Crippen LogP contribution in [-0.4, -0.2) is 22.7 Å². The van der Waals surface area contributed by atoms with Gasteiger partial charge in [0, 0.05) is 0 Å². The average molecular weight is 220 g/mol. The minimum atomic E-state index is -4.10. The van der Waals surface area contributed by atoms with E-state index in [4.69, 9.17) is 4.84 Å². The van der Waals surface area contributed by atoms with Crippen molar-refractivity contribution in [2.75, 3.05) is 6.61 Å². The molecule has 15 heavy (non-hydrogen) atoms. The van der Waals surface area contributed by atoms with Gasteiger partial charge in [0.2, 0.25) is 0 Å². The Labute approximate surface area is 84.8 Å². The van der Waals surface area contributed by atoms with Crippen molar-refractivity contribution in [1.82, 2.24) is 9.94 Å². The highest BCUT2D eigenvalue weighted by Gasteiger charge is 2.62. The van der Waals surface area contributed by atoms with Crippen LogP contribution in [-0.2, 0) is 0 Å². The molecular weight excluding hydrogens is 209 g/mol. The number of halogens is 3. The molecule has 0 atom stereocenters. The molecule has 0 aromatic carbocycles. The molecule has 1 aromatic rings. The maximum atomic E-state index is 12.5. The number of rotatable bonds is 4. The van der Waals surface area contributed by atoms with Crippen molar-refractivity contribution in [1.29, 1.82) is 0 Å². The molecule has 0 radical (unpaired) electrons. The third-order valence-corrected chi connectivity index (χ3v) is 2.74. The van der Waals surface area contributed by atoms with Gasteiger partial charge in [0.1, 0.15) is 6.61 Å². The van der Waals surface area contributed by atoms with Crippen molar-refractivity contribution in [3.05, 3.63) is 18.5 Å². The summed E-state index contributed by atoms with van der Waals surface area (Å²) in [5.41, 5.74) is -1.49. The van der Waals surface area contributed by atoms with Gasteiger partial charge < -0.3 is 4.84 Å². The van der Waals surface area contributed by atoms with Crippen molar-refractivity contribution >= 4 is 0 Å². The first-order valence-corrected chi connectivity index (χ1v) is 4.73. The van der Waals surface area contributed by atoms with E-state index >= 15 is 0 Å². The molecule has 2 rings (SSSR count). The van der Waals surface area contributed by atoms with Crippen molar-refractivity contribution in [3.8, 4) is 0 Å². The Hall–Kier alpha value is -1.20. The Morgan fingerprint density at radius 2 is 2.13 bits per heavy atom. The molecule has 6 heteroatoms. The second-order valence-electron chi connectivity index (χ2n) is 3.77. The fraction of sp³-hybridized carbons (Fsp3) is 0.667. The smallest absolute Gasteiger partial charge is 0.394 e. The molecule has 0 spiro atoms. The van der Waals surface area contributed by atoms with E-state index in [1.54, 1.807) is 12.3 Å². The second-order valence-corrected chi connectivity index (χ2v) is 3.77. The predicted molar refractivity (Wildman–Crippen MR) is 46.0 cm³/mol. The molecule has 1 saturated carbocycles. The van der Waals surface area contributed by atoms with E-state index in [-0.39, 0.29) is 25.9 Å². The number of aromatic nitrogens is 2. The van der Waals surface area contributed by atoms with Gasteiger partial charge in [-0.3, -0.25) is 0 Å². The molecule has 84 valence electrons. The van der Waals surface area contributed by atoms with E-state index in [9.17, 15) is 13.2 Å². The predicted octanol–water partition coefficient (Wildman–Crippen LogP) is 2.04. The molecule has 0 aliphatic heterocycles. The van der Waals surface area contributed by atoms with Crippen molar-refractivity contribution in [2.24, 2.45) is 5.41 Å². The number of nitrogens with zero attached hydrogens (tertiary/aromatic N) is 2. The molecule has 0 saturated heterocycles. The van der Waals surface area contributed by atoms with Crippen LogP contribution in [0.25, 0.3) is 0 Å². The topological polar surface area (TPSA) is 27.1 Å². The van der Waals surface area contributed by atoms with Crippen LogP contribution in [0, 0.1) is 5.41 Å². The third-order valence-electron chi connectivity index (χ3n) is 2.74. The van der Waals surface area contributed by atoms with Gasteiger partial charge in [-0.15, -0.1) is 9.94 Å². The maximum Gasteiger partial charge on any atom is 0.394 e. The summed E-state index contributed by atoms with van der Waals surface area (Å²) in [5, 5.41) is 3.73. The van der Waals surface area contributed by atoms with E-state index in [1.165, 1.54) is 11.0 Å². The fourth-order valence-corrected chi connectivity index (χ4v) is 1.49. The van der Waals surface area contributed by atoms with Crippen molar-refractivity contribution in [3.63, 3.8) is 0 Å². The van der Waals surface area contributed by atoms with Crippen LogP contribution in [0.5, 0.6) is 0 Å². The van der Waals surface area contributed by atoms with Gasteiger partial charge >= 0.3 is 6.18 Å². The highest BCUT2D eigenvalue weighted by Crippen LogP contribution is 2.59. The standard InChI is InChI=1S/C9H11F3N2O/c10-9(11,12)8(2-3-8)4-7-15-14-6-1-5-13-14/h1,5-6H,2-4,7H2. The van der Waals surface area contributed by atoms with E-state index in [0.717, 1.165) is 0 Å². The minimum absolute atomic E-state index is 0.0103. The Balaban J connectivity index is 1.79. The quantitative estimate of drug-likeness (QED) is 0.776. The molecule has 1 fully saturated rings.